The lowest BCUT2D eigenvalue weighted by atomic mass is 9.87. The third-order valence-electron chi connectivity index (χ3n) is 3.83. The maximum atomic E-state index is 12.3. The van der Waals surface area contributed by atoms with E-state index in [9.17, 15) is 4.79 Å². The van der Waals surface area contributed by atoms with Crippen molar-refractivity contribution in [2.75, 3.05) is 13.6 Å². The summed E-state index contributed by atoms with van der Waals surface area (Å²) in [6, 6.07) is 0.190. The van der Waals surface area contributed by atoms with E-state index < -0.39 is 0 Å². The zero-order valence-electron chi connectivity index (χ0n) is 11.7. The van der Waals surface area contributed by atoms with Gasteiger partial charge >= 0.3 is 0 Å². The van der Waals surface area contributed by atoms with E-state index >= 15 is 0 Å². The van der Waals surface area contributed by atoms with Gasteiger partial charge in [0, 0.05) is 19.6 Å². The van der Waals surface area contributed by atoms with Crippen LogP contribution in [0.25, 0.3) is 0 Å². The molecule has 100 valence electrons. The fourth-order valence-electron chi connectivity index (χ4n) is 2.06. The van der Waals surface area contributed by atoms with Gasteiger partial charge in [0.15, 0.2) is 0 Å². The smallest absolute Gasteiger partial charge is 0.251 e. The molecule has 0 aliphatic carbocycles. The average Bonchev–Trinajstić information content (AvgIpc) is 2.73. The number of amides is 1. The third kappa shape index (κ3) is 3.42. The Bertz CT molecular complexity index is 273. The third-order valence-corrected chi connectivity index (χ3v) is 3.83. The van der Waals surface area contributed by atoms with Crippen LogP contribution in [0.3, 0.4) is 0 Å². The quantitative estimate of drug-likeness (QED) is 0.813. The van der Waals surface area contributed by atoms with Crippen LogP contribution in [0.15, 0.2) is 0 Å². The van der Waals surface area contributed by atoms with Crippen molar-refractivity contribution in [1.82, 2.24) is 4.90 Å². The number of ether oxygens (including phenoxy) is 1. The van der Waals surface area contributed by atoms with Gasteiger partial charge in [-0.1, -0.05) is 20.8 Å². The second-order valence-electron chi connectivity index (χ2n) is 6.05. The number of carbonyl (C=O) groups excluding carboxylic acids is 1. The van der Waals surface area contributed by atoms with Gasteiger partial charge in [-0.15, -0.1) is 0 Å². The van der Waals surface area contributed by atoms with E-state index in [0.29, 0.717) is 6.54 Å². The first kappa shape index (κ1) is 14.5. The summed E-state index contributed by atoms with van der Waals surface area (Å²) in [5, 5.41) is 0. The van der Waals surface area contributed by atoms with E-state index in [4.69, 9.17) is 10.5 Å². The van der Waals surface area contributed by atoms with Gasteiger partial charge < -0.3 is 15.4 Å². The van der Waals surface area contributed by atoms with Gasteiger partial charge in [-0.2, -0.15) is 0 Å². The minimum Gasteiger partial charge on any atom is -0.364 e. The minimum absolute atomic E-state index is 0.0577. The summed E-state index contributed by atoms with van der Waals surface area (Å²) in [6.45, 7) is 8.99. The maximum absolute atomic E-state index is 12.3. The van der Waals surface area contributed by atoms with Crippen LogP contribution in [-0.4, -0.2) is 42.6 Å². The molecule has 1 heterocycles. The Balaban J connectivity index is 2.59. The molecular weight excluding hydrogens is 216 g/mol. The van der Waals surface area contributed by atoms with Crippen molar-refractivity contribution in [3.05, 3.63) is 0 Å². The van der Waals surface area contributed by atoms with Gasteiger partial charge in [0.05, 0.1) is 6.10 Å². The summed E-state index contributed by atoms with van der Waals surface area (Å²) in [5.41, 5.74) is 5.63. The van der Waals surface area contributed by atoms with Gasteiger partial charge in [0.2, 0.25) is 0 Å². The lowest BCUT2D eigenvalue weighted by molar-refractivity contribution is -0.145. The first-order valence-electron chi connectivity index (χ1n) is 6.39. The Labute approximate surface area is 104 Å². The molecule has 1 aliphatic heterocycles. The zero-order chi connectivity index (χ0) is 13.2. The van der Waals surface area contributed by atoms with Crippen molar-refractivity contribution < 1.29 is 9.53 Å². The minimum atomic E-state index is -0.293. The van der Waals surface area contributed by atoms with Gasteiger partial charge in [-0.25, -0.2) is 0 Å². The Morgan fingerprint density at radius 2 is 2.06 bits per heavy atom. The van der Waals surface area contributed by atoms with Crippen molar-refractivity contribution in [3.63, 3.8) is 0 Å². The Morgan fingerprint density at radius 1 is 1.47 bits per heavy atom. The predicted molar refractivity (Wildman–Crippen MR) is 68.6 cm³/mol. The number of nitrogens with two attached hydrogens (primary N) is 1. The SMILES string of the molecule is CC(N(C)C(=O)C1CCC(CN)O1)C(C)(C)C. The molecule has 0 saturated carbocycles. The van der Waals surface area contributed by atoms with E-state index in [1.165, 1.54) is 0 Å². The molecule has 3 unspecified atom stereocenters. The summed E-state index contributed by atoms with van der Waals surface area (Å²) in [7, 11) is 1.86. The van der Waals surface area contributed by atoms with Crippen LogP contribution in [-0.2, 0) is 9.53 Å². The highest BCUT2D eigenvalue weighted by Gasteiger charge is 2.35. The lowest BCUT2D eigenvalue weighted by Crippen LogP contribution is -2.47. The molecule has 0 aromatic rings. The van der Waals surface area contributed by atoms with E-state index in [0.717, 1.165) is 12.8 Å². The summed E-state index contributed by atoms with van der Waals surface area (Å²) >= 11 is 0. The second-order valence-corrected chi connectivity index (χ2v) is 6.05. The highest BCUT2D eigenvalue weighted by Crippen LogP contribution is 2.26. The van der Waals surface area contributed by atoms with E-state index in [1.807, 2.05) is 11.9 Å². The molecule has 4 nitrogen and oxygen atoms in total. The molecule has 1 fully saturated rings. The zero-order valence-corrected chi connectivity index (χ0v) is 11.7. The summed E-state index contributed by atoms with van der Waals surface area (Å²) in [4.78, 5) is 14.1. The topological polar surface area (TPSA) is 55.6 Å². The number of nitrogens with zero attached hydrogens (tertiary/aromatic N) is 1. The van der Waals surface area contributed by atoms with Gasteiger partial charge in [-0.3, -0.25) is 4.79 Å². The molecule has 4 heteroatoms. The number of hydrogen-bond donors (Lipinski definition) is 1. The number of hydrogen-bond acceptors (Lipinski definition) is 3. The second kappa shape index (κ2) is 5.36. The van der Waals surface area contributed by atoms with Gasteiger partial charge in [0.1, 0.15) is 6.10 Å². The highest BCUT2D eigenvalue weighted by molar-refractivity contribution is 5.81. The first-order valence-corrected chi connectivity index (χ1v) is 6.39. The van der Waals surface area contributed by atoms with Crippen molar-refractivity contribution in [2.45, 2.75) is 58.8 Å². The molecule has 1 rings (SSSR count). The Morgan fingerprint density at radius 3 is 2.47 bits per heavy atom. The van der Waals surface area contributed by atoms with Crippen LogP contribution in [0.5, 0.6) is 0 Å². The van der Waals surface area contributed by atoms with Crippen LogP contribution < -0.4 is 5.73 Å². The van der Waals surface area contributed by atoms with Gasteiger partial charge in [-0.05, 0) is 25.2 Å². The van der Waals surface area contributed by atoms with Crippen molar-refractivity contribution in [1.29, 1.82) is 0 Å². The normalized spacial score (nSPS) is 26.9. The molecule has 1 saturated heterocycles. The van der Waals surface area contributed by atoms with Crippen molar-refractivity contribution in [2.24, 2.45) is 11.1 Å². The van der Waals surface area contributed by atoms with Crippen molar-refractivity contribution in [3.8, 4) is 0 Å². The summed E-state index contributed by atoms with van der Waals surface area (Å²) < 4.78 is 5.64. The number of likely N-dealkylation sites (N-methyl/N-ethyl adjacent to an activating group) is 1. The monoisotopic (exact) mass is 242 g/mol. The molecule has 0 radical (unpaired) electrons. The van der Waals surface area contributed by atoms with Crippen LogP contribution in [0.2, 0.25) is 0 Å². The van der Waals surface area contributed by atoms with Crippen LogP contribution >= 0.6 is 0 Å². The molecule has 0 aromatic heterocycles. The fourth-order valence-corrected chi connectivity index (χ4v) is 2.06. The molecule has 2 N–H and O–H groups in total. The largest absolute Gasteiger partial charge is 0.364 e. The molecule has 0 spiro atoms. The molecule has 17 heavy (non-hydrogen) atoms. The molecule has 3 atom stereocenters. The molecule has 1 aliphatic rings. The predicted octanol–water partition coefficient (Wildman–Crippen LogP) is 1.39. The van der Waals surface area contributed by atoms with E-state index in [1.54, 1.807) is 0 Å². The van der Waals surface area contributed by atoms with Crippen molar-refractivity contribution >= 4 is 5.91 Å². The Hall–Kier alpha value is -0.610. The lowest BCUT2D eigenvalue weighted by Gasteiger charge is -2.36. The molecule has 0 aromatic carbocycles. The average molecular weight is 242 g/mol. The standard InChI is InChI=1S/C13H26N2O2/c1-9(13(2,3)4)15(5)12(16)11-7-6-10(8-14)17-11/h9-11H,6-8,14H2,1-5H3. The number of carbonyl (C=O) groups is 1. The number of rotatable bonds is 3. The molecule has 0 bridgehead atoms. The maximum Gasteiger partial charge on any atom is 0.251 e. The Kier molecular flexibility index (Phi) is 4.55. The first-order chi connectivity index (χ1) is 7.77. The summed E-state index contributed by atoms with van der Waals surface area (Å²) in [6.07, 6.45) is 1.45. The highest BCUT2D eigenvalue weighted by atomic mass is 16.5. The summed E-state index contributed by atoms with van der Waals surface area (Å²) in [5.74, 6) is 0.0865. The van der Waals surface area contributed by atoms with Crippen LogP contribution in [0.4, 0.5) is 0 Å². The molecule has 1 amide bonds. The van der Waals surface area contributed by atoms with Gasteiger partial charge in [0.25, 0.3) is 5.91 Å². The van der Waals surface area contributed by atoms with E-state index in [-0.39, 0.29) is 29.6 Å². The van der Waals surface area contributed by atoms with Crippen LogP contribution in [0, 0.1) is 5.41 Å². The van der Waals surface area contributed by atoms with E-state index in [2.05, 4.69) is 27.7 Å². The van der Waals surface area contributed by atoms with Crippen LogP contribution in [0.1, 0.15) is 40.5 Å². The fraction of sp³-hybridized carbons (Fsp3) is 0.923. The molecular formula is C13H26N2O2.